The number of benzene rings is 2. The second kappa shape index (κ2) is 10.2. The molecule has 0 atom stereocenters. The van der Waals surface area contributed by atoms with Gasteiger partial charge in [0.05, 0.1) is 12.2 Å². The van der Waals surface area contributed by atoms with Crippen molar-refractivity contribution >= 4 is 24.4 Å². The molecule has 1 aliphatic rings. The number of amides is 2. The standard InChI is InChI=1S/C22H26N2O4S/c1-2-27-17-7-9-18(10-8-17)28-15-21(25)24-13-11-16(12-14-24)23-22(26)19-5-3-4-6-20(19)29/h3-10,16,29H,2,11-15H2,1H3,(H,23,26). The molecule has 1 heterocycles. The lowest BCUT2D eigenvalue weighted by Crippen LogP contribution is -2.47. The summed E-state index contributed by atoms with van der Waals surface area (Å²) in [4.78, 5) is 27.3. The number of nitrogens with one attached hydrogen (secondary N) is 1. The van der Waals surface area contributed by atoms with Crippen molar-refractivity contribution in [1.82, 2.24) is 10.2 Å². The highest BCUT2D eigenvalue weighted by Gasteiger charge is 2.24. The summed E-state index contributed by atoms with van der Waals surface area (Å²) >= 11 is 4.33. The first kappa shape index (κ1) is 21.0. The van der Waals surface area contributed by atoms with Gasteiger partial charge >= 0.3 is 0 Å². The quantitative estimate of drug-likeness (QED) is 0.683. The molecule has 1 fully saturated rings. The van der Waals surface area contributed by atoms with Gasteiger partial charge in [-0.2, -0.15) is 0 Å². The third kappa shape index (κ3) is 5.90. The molecule has 0 spiro atoms. The van der Waals surface area contributed by atoms with Crippen LogP contribution in [0.3, 0.4) is 0 Å². The van der Waals surface area contributed by atoms with Gasteiger partial charge in [-0.15, -0.1) is 12.6 Å². The molecule has 0 bridgehead atoms. The summed E-state index contributed by atoms with van der Waals surface area (Å²) in [7, 11) is 0. The van der Waals surface area contributed by atoms with Gasteiger partial charge in [-0.05, 0) is 56.2 Å². The van der Waals surface area contributed by atoms with E-state index in [1.807, 2.05) is 31.2 Å². The van der Waals surface area contributed by atoms with E-state index in [2.05, 4.69) is 17.9 Å². The highest BCUT2D eigenvalue weighted by Crippen LogP contribution is 2.18. The van der Waals surface area contributed by atoms with Crippen LogP contribution in [0.4, 0.5) is 0 Å². The molecule has 1 saturated heterocycles. The van der Waals surface area contributed by atoms with Crippen LogP contribution in [0, 0.1) is 0 Å². The lowest BCUT2D eigenvalue weighted by atomic mass is 10.0. The van der Waals surface area contributed by atoms with E-state index >= 15 is 0 Å². The van der Waals surface area contributed by atoms with Crippen molar-refractivity contribution in [2.75, 3.05) is 26.3 Å². The van der Waals surface area contributed by atoms with Crippen molar-refractivity contribution in [2.24, 2.45) is 0 Å². The van der Waals surface area contributed by atoms with E-state index < -0.39 is 0 Å². The molecule has 0 aromatic heterocycles. The third-order valence-corrected chi connectivity index (χ3v) is 5.22. The number of hydrogen-bond acceptors (Lipinski definition) is 5. The molecule has 2 amide bonds. The molecular formula is C22H26N2O4S. The molecule has 2 aromatic rings. The van der Waals surface area contributed by atoms with Crippen molar-refractivity contribution in [3.8, 4) is 11.5 Å². The van der Waals surface area contributed by atoms with Gasteiger partial charge in [0.2, 0.25) is 0 Å². The zero-order valence-corrected chi connectivity index (χ0v) is 17.4. The predicted molar refractivity (Wildman–Crippen MR) is 114 cm³/mol. The number of piperidine rings is 1. The molecule has 1 N–H and O–H groups in total. The molecule has 7 heteroatoms. The Kier molecular flexibility index (Phi) is 7.41. The van der Waals surface area contributed by atoms with Crippen LogP contribution in [0.2, 0.25) is 0 Å². The van der Waals surface area contributed by atoms with E-state index in [0.717, 1.165) is 18.6 Å². The van der Waals surface area contributed by atoms with Crippen LogP contribution in [-0.4, -0.2) is 49.1 Å². The molecule has 0 aliphatic carbocycles. The number of nitrogens with zero attached hydrogens (tertiary/aromatic N) is 1. The summed E-state index contributed by atoms with van der Waals surface area (Å²) in [5, 5.41) is 3.04. The van der Waals surface area contributed by atoms with E-state index in [1.165, 1.54) is 0 Å². The highest BCUT2D eigenvalue weighted by molar-refractivity contribution is 7.80. The second-order valence-corrected chi connectivity index (χ2v) is 7.32. The van der Waals surface area contributed by atoms with Crippen molar-refractivity contribution in [3.05, 3.63) is 54.1 Å². The lowest BCUT2D eigenvalue weighted by molar-refractivity contribution is -0.134. The molecule has 0 radical (unpaired) electrons. The average molecular weight is 415 g/mol. The van der Waals surface area contributed by atoms with E-state index in [-0.39, 0.29) is 24.5 Å². The SMILES string of the molecule is CCOc1ccc(OCC(=O)N2CCC(NC(=O)c3ccccc3S)CC2)cc1. The van der Waals surface area contributed by atoms with Gasteiger partial charge in [0, 0.05) is 24.0 Å². The van der Waals surface area contributed by atoms with Crippen molar-refractivity contribution in [2.45, 2.75) is 30.7 Å². The predicted octanol–water partition coefficient (Wildman–Crippen LogP) is 3.17. The number of hydrogen-bond donors (Lipinski definition) is 2. The molecule has 154 valence electrons. The maximum Gasteiger partial charge on any atom is 0.260 e. The maximum atomic E-state index is 12.4. The highest BCUT2D eigenvalue weighted by atomic mass is 32.1. The Balaban J connectivity index is 1.42. The van der Waals surface area contributed by atoms with E-state index in [4.69, 9.17) is 9.47 Å². The fraction of sp³-hybridized carbons (Fsp3) is 0.364. The van der Waals surface area contributed by atoms with Gasteiger partial charge in [0.25, 0.3) is 11.8 Å². The van der Waals surface area contributed by atoms with Crippen molar-refractivity contribution < 1.29 is 19.1 Å². The summed E-state index contributed by atoms with van der Waals surface area (Å²) in [5.74, 6) is 1.23. The Morgan fingerprint density at radius 3 is 2.28 bits per heavy atom. The van der Waals surface area contributed by atoms with Gasteiger partial charge in [-0.25, -0.2) is 0 Å². The van der Waals surface area contributed by atoms with Crippen LogP contribution in [0.1, 0.15) is 30.1 Å². The minimum Gasteiger partial charge on any atom is -0.494 e. The first-order valence-corrected chi connectivity index (χ1v) is 10.2. The Bertz CT molecular complexity index is 833. The molecular weight excluding hydrogens is 388 g/mol. The fourth-order valence-corrected chi connectivity index (χ4v) is 3.50. The Labute approximate surface area is 176 Å². The second-order valence-electron chi connectivity index (χ2n) is 6.84. The number of likely N-dealkylation sites (tertiary alicyclic amines) is 1. The molecule has 3 rings (SSSR count). The summed E-state index contributed by atoms with van der Waals surface area (Å²) in [6, 6.07) is 14.5. The minimum atomic E-state index is -0.126. The van der Waals surface area contributed by atoms with Crippen LogP contribution >= 0.6 is 12.6 Å². The zero-order chi connectivity index (χ0) is 20.6. The molecule has 2 aromatic carbocycles. The van der Waals surface area contributed by atoms with E-state index in [0.29, 0.717) is 35.9 Å². The number of carbonyl (C=O) groups is 2. The smallest absolute Gasteiger partial charge is 0.260 e. The van der Waals surface area contributed by atoms with Crippen molar-refractivity contribution in [1.29, 1.82) is 0 Å². The molecule has 6 nitrogen and oxygen atoms in total. The maximum absolute atomic E-state index is 12.4. The first-order valence-electron chi connectivity index (χ1n) is 9.79. The molecule has 1 aliphatic heterocycles. The van der Waals surface area contributed by atoms with Crippen LogP contribution in [0.15, 0.2) is 53.4 Å². The first-order chi connectivity index (χ1) is 14.1. The number of thiol groups is 1. The monoisotopic (exact) mass is 414 g/mol. The summed E-state index contributed by atoms with van der Waals surface area (Å²) in [6.45, 7) is 3.73. The number of rotatable bonds is 7. The normalized spacial score (nSPS) is 14.3. The Morgan fingerprint density at radius 2 is 1.66 bits per heavy atom. The van der Waals surface area contributed by atoms with Gasteiger partial charge < -0.3 is 19.7 Å². The average Bonchev–Trinajstić information content (AvgIpc) is 2.74. The lowest BCUT2D eigenvalue weighted by Gasteiger charge is -2.32. The largest absolute Gasteiger partial charge is 0.494 e. The van der Waals surface area contributed by atoms with Gasteiger partial charge in [0.15, 0.2) is 6.61 Å². The van der Waals surface area contributed by atoms with Crippen LogP contribution in [0.5, 0.6) is 11.5 Å². The third-order valence-electron chi connectivity index (χ3n) is 4.83. The van der Waals surface area contributed by atoms with E-state index in [9.17, 15) is 9.59 Å². The van der Waals surface area contributed by atoms with Gasteiger partial charge in [-0.1, -0.05) is 12.1 Å². The van der Waals surface area contributed by atoms with E-state index in [1.54, 1.807) is 29.2 Å². The summed E-state index contributed by atoms with van der Waals surface area (Å²) in [6.07, 6.45) is 1.44. The zero-order valence-electron chi connectivity index (χ0n) is 16.5. The van der Waals surface area contributed by atoms with Crippen molar-refractivity contribution in [3.63, 3.8) is 0 Å². The number of carbonyl (C=O) groups excluding carboxylic acids is 2. The minimum absolute atomic E-state index is 0.00195. The molecule has 0 saturated carbocycles. The van der Waals surface area contributed by atoms with Crippen LogP contribution in [-0.2, 0) is 4.79 Å². The molecule has 0 unspecified atom stereocenters. The molecule has 29 heavy (non-hydrogen) atoms. The topological polar surface area (TPSA) is 67.9 Å². The van der Waals surface area contributed by atoms with Gasteiger partial charge in [-0.3, -0.25) is 9.59 Å². The summed E-state index contributed by atoms with van der Waals surface area (Å²) in [5.41, 5.74) is 0.568. The summed E-state index contributed by atoms with van der Waals surface area (Å²) < 4.78 is 11.0. The fourth-order valence-electron chi connectivity index (χ4n) is 3.24. The van der Waals surface area contributed by atoms with Crippen LogP contribution < -0.4 is 14.8 Å². The Morgan fingerprint density at radius 1 is 1.03 bits per heavy atom. The van der Waals surface area contributed by atoms with Crippen LogP contribution in [0.25, 0.3) is 0 Å². The van der Waals surface area contributed by atoms with Gasteiger partial charge in [0.1, 0.15) is 11.5 Å². The number of ether oxygens (including phenoxy) is 2. The Hall–Kier alpha value is -2.67.